The number of aromatic carboxylic acids is 1. The number of hydrogen-bond acceptors (Lipinski definition) is 4. The number of ether oxygens (including phenoxy) is 1. The van der Waals surface area contributed by atoms with Gasteiger partial charge in [0.15, 0.2) is 0 Å². The summed E-state index contributed by atoms with van der Waals surface area (Å²) in [5, 5.41) is 18.0. The minimum Gasteiger partial charge on any atom is -0.507 e. The van der Waals surface area contributed by atoms with Gasteiger partial charge >= 0.3 is 11.9 Å². The Hall–Kier alpha value is -2.30. The molecule has 1 aromatic rings. The summed E-state index contributed by atoms with van der Waals surface area (Å²) in [6.45, 7) is 4.87. The maximum Gasteiger partial charge on any atom is 0.339 e. The number of esters is 1. The summed E-state index contributed by atoms with van der Waals surface area (Å²) in [7, 11) is 0. The molecule has 1 aromatic carbocycles. The third kappa shape index (κ3) is 3.34. The van der Waals surface area contributed by atoms with Crippen LogP contribution in [0.2, 0.25) is 0 Å². The first-order valence-corrected chi connectivity index (χ1v) is 4.79. The van der Waals surface area contributed by atoms with Crippen molar-refractivity contribution in [3.05, 3.63) is 41.5 Å². The van der Waals surface area contributed by atoms with Crippen LogP contribution >= 0.6 is 0 Å². The molecule has 0 aliphatic carbocycles. The first kappa shape index (κ1) is 12.8. The normalized spacial score (nSPS) is 9.71. The van der Waals surface area contributed by atoms with Gasteiger partial charge < -0.3 is 14.9 Å². The minimum absolute atomic E-state index is 0.0632. The van der Waals surface area contributed by atoms with E-state index in [0.717, 1.165) is 0 Å². The summed E-state index contributed by atoms with van der Waals surface area (Å²) in [5.41, 5.74) is 0.519. The number of rotatable bonds is 4. The number of benzene rings is 1. The highest BCUT2D eigenvalue weighted by atomic mass is 16.5. The summed E-state index contributed by atoms with van der Waals surface area (Å²) in [5.74, 6) is -2.11. The highest BCUT2D eigenvalue weighted by molar-refractivity contribution is 5.91. The molecule has 0 aliphatic heterocycles. The zero-order valence-electron chi connectivity index (χ0n) is 9.27. The Bertz CT molecular complexity index is 476. The molecule has 0 spiro atoms. The van der Waals surface area contributed by atoms with Crippen LogP contribution < -0.4 is 0 Å². The van der Waals surface area contributed by atoms with Gasteiger partial charge in [-0.05, 0) is 24.6 Å². The molecule has 17 heavy (non-hydrogen) atoms. The Morgan fingerprint density at radius 3 is 2.59 bits per heavy atom. The summed E-state index contributed by atoms with van der Waals surface area (Å²) in [6, 6.07) is 3.98. The molecule has 0 aromatic heterocycles. The smallest absolute Gasteiger partial charge is 0.339 e. The lowest BCUT2D eigenvalue weighted by molar-refractivity contribution is -0.140. The molecule has 0 aliphatic rings. The predicted molar refractivity (Wildman–Crippen MR) is 59.7 cm³/mol. The minimum atomic E-state index is -1.24. The van der Waals surface area contributed by atoms with Crippen molar-refractivity contribution in [2.75, 3.05) is 0 Å². The van der Waals surface area contributed by atoms with Crippen LogP contribution in [0.15, 0.2) is 30.4 Å². The van der Waals surface area contributed by atoms with Crippen molar-refractivity contribution in [1.29, 1.82) is 0 Å². The fraction of sp³-hybridized carbons (Fsp3) is 0.167. The third-order valence-corrected chi connectivity index (χ3v) is 2.01. The van der Waals surface area contributed by atoms with E-state index in [4.69, 9.17) is 9.84 Å². The molecule has 2 N–H and O–H groups in total. The summed E-state index contributed by atoms with van der Waals surface area (Å²) in [4.78, 5) is 21.9. The van der Waals surface area contributed by atoms with E-state index in [9.17, 15) is 14.7 Å². The van der Waals surface area contributed by atoms with E-state index in [0.29, 0.717) is 5.56 Å². The lowest BCUT2D eigenvalue weighted by Gasteiger charge is -2.06. The van der Waals surface area contributed by atoms with Gasteiger partial charge in [-0.15, -0.1) is 0 Å². The lowest BCUT2D eigenvalue weighted by atomic mass is 10.1. The maximum atomic E-state index is 11.1. The fourth-order valence-corrected chi connectivity index (χ4v) is 1.12. The number of carboxylic acid groups (broad SMARTS) is 1. The molecule has 0 amide bonds. The second kappa shape index (κ2) is 5.16. The lowest BCUT2D eigenvalue weighted by Crippen LogP contribution is -2.06. The van der Waals surface area contributed by atoms with E-state index in [1.807, 2.05) is 0 Å². The van der Waals surface area contributed by atoms with Gasteiger partial charge in [-0.3, -0.25) is 0 Å². The molecule has 0 heterocycles. The van der Waals surface area contributed by atoms with Crippen molar-refractivity contribution >= 4 is 11.9 Å². The van der Waals surface area contributed by atoms with Gasteiger partial charge in [0.1, 0.15) is 17.9 Å². The average molecular weight is 236 g/mol. The standard InChI is InChI=1S/C12H12O5/c1-7(2)12(16)17-6-8-3-4-10(13)9(5-8)11(14)15/h3-5,13H,1,6H2,2H3,(H,14,15). The molecule has 0 fully saturated rings. The first-order chi connectivity index (χ1) is 7.91. The van der Waals surface area contributed by atoms with E-state index in [1.165, 1.54) is 25.1 Å². The number of aromatic hydroxyl groups is 1. The van der Waals surface area contributed by atoms with Gasteiger partial charge in [-0.25, -0.2) is 9.59 Å². The SMILES string of the molecule is C=C(C)C(=O)OCc1ccc(O)c(C(=O)O)c1. The number of phenols is 1. The van der Waals surface area contributed by atoms with Crippen LogP contribution in [-0.2, 0) is 16.1 Å². The number of carboxylic acids is 1. The largest absolute Gasteiger partial charge is 0.507 e. The Morgan fingerprint density at radius 2 is 2.06 bits per heavy atom. The molecular formula is C12H12O5. The van der Waals surface area contributed by atoms with Crippen molar-refractivity contribution < 1.29 is 24.5 Å². The van der Waals surface area contributed by atoms with Gasteiger partial charge in [0.25, 0.3) is 0 Å². The summed E-state index contributed by atoms with van der Waals surface area (Å²) >= 11 is 0. The molecule has 0 atom stereocenters. The molecule has 5 nitrogen and oxygen atoms in total. The second-order valence-corrected chi connectivity index (χ2v) is 3.51. The van der Waals surface area contributed by atoms with E-state index in [2.05, 4.69) is 6.58 Å². The highest BCUT2D eigenvalue weighted by Crippen LogP contribution is 2.19. The van der Waals surface area contributed by atoms with Crippen molar-refractivity contribution in [2.24, 2.45) is 0 Å². The van der Waals surface area contributed by atoms with Crippen molar-refractivity contribution in [3.8, 4) is 5.75 Å². The van der Waals surface area contributed by atoms with E-state index in [-0.39, 0.29) is 23.5 Å². The molecule has 0 saturated carbocycles. The topological polar surface area (TPSA) is 83.8 Å². The molecule has 1 rings (SSSR count). The summed E-state index contributed by atoms with van der Waals surface area (Å²) < 4.78 is 4.85. The molecule has 0 radical (unpaired) electrons. The van der Waals surface area contributed by atoms with Gasteiger partial charge in [0.2, 0.25) is 0 Å². The van der Waals surface area contributed by atoms with Crippen LogP contribution in [0.5, 0.6) is 5.75 Å². The zero-order valence-corrected chi connectivity index (χ0v) is 9.27. The van der Waals surface area contributed by atoms with Crippen LogP contribution in [-0.4, -0.2) is 22.2 Å². The van der Waals surface area contributed by atoms with Gasteiger partial charge in [0.05, 0.1) is 0 Å². The van der Waals surface area contributed by atoms with Gasteiger partial charge in [0, 0.05) is 5.57 Å². The Morgan fingerprint density at radius 1 is 1.41 bits per heavy atom. The maximum absolute atomic E-state index is 11.1. The fourth-order valence-electron chi connectivity index (χ4n) is 1.12. The molecule has 0 bridgehead atoms. The highest BCUT2D eigenvalue weighted by Gasteiger charge is 2.11. The van der Waals surface area contributed by atoms with Crippen LogP contribution in [0.3, 0.4) is 0 Å². The molecular weight excluding hydrogens is 224 g/mol. The van der Waals surface area contributed by atoms with Crippen LogP contribution in [0.1, 0.15) is 22.8 Å². The van der Waals surface area contributed by atoms with Crippen molar-refractivity contribution in [3.63, 3.8) is 0 Å². The van der Waals surface area contributed by atoms with Crippen LogP contribution in [0.25, 0.3) is 0 Å². The van der Waals surface area contributed by atoms with E-state index >= 15 is 0 Å². The third-order valence-electron chi connectivity index (χ3n) is 2.01. The monoisotopic (exact) mass is 236 g/mol. The first-order valence-electron chi connectivity index (χ1n) is 4.79. The average Bonchev–Trinajstić information content (AvgIpc) is 2.26. The molecule has 0 unspecified atom stereocenters. The molecule has 90 valence electrons. The van der Waals surface area contributed by atoms with E-state index < -0.39 is 11.9 Å². The number of carbonyl (C=O) groups excluding carboxylic acids is 1. The molecule has 5 heteroatoms. The number of carbonyl (C=O) groups is 2. The summed E-state index contributed by atoms with van der Waals surface area (Å²) in [6.07, 6.45) is 0. The van der Waals surface area contributed by atoms with Crippen LogP contribution in [0, 0.1) is 0 Å². The Kier molecular flexibility index (Phi) is 3.87. The van der Waals surface area contributed by atoms with E-state index in [1.54, 1.807) is 0 Å². The van der Waals surface area contributed by atoms with Gasteiger partial charge in [-0.2, -0.15) is 0 Å². The second-order valence-electron chi connectivity index (χ2n) is 3.51. The number of hydrogen-bond donors (Lipinski definition) is 2. The predicted octanol–water partition coefficient (Wildman–Crippen LogP) is 1.71. The Balaban J connectivity index is 2.80. The van der Waals surface area contributed by atoms with Crippen molar-refractivity contribution in [2.45, 2.75) is 13.5 Å². The van der Waals surface area contributed by atoms with Crippen LogP contribution in [0.4, 0.5) is 0 Å². The zero-order chi connectivity index (χ0) is 13.0. The molecule has 0 saturated heterocycles. The van der Waals surface area contributed by atoms with Crippen molar-refractivity contribution in [1.82, 2.24) is 0 Å². The Labute approximate surface area is 98.0 Å². The quantitative estimate of drug-likeness (QED) is 0.614. The van der Waals surface area contributed by atoms with Gasteiger partial charge in [-0.1, -0.05) is 12.6 Å².